The molecule has 120 valence electrons. The number of halogens is 1. The lowest BCUT2D eigenvalue weighted by atomic mass is 9.93. The lowest BCUT2D eigenvalue weighted by Crippen LogP contribution is -2.41. The number of hydrogen-bond acceptors (Lipinski definition) is 1. The second-order valence-electron chi connectivity index (χ2n) is 6.22. The molecule has 0 aromatic heterocycles. The molecule has 3 heteroatoms. The molecule has 1 saturated carbocycles. The molecule has 1 amide bonds. The summed E-state index contributed by atoms with van der Waals surface area (Å²) in [5, 5.41) is 0. The van der Waals surface area contributed by atoms with E-state index in [-0.39, 0.29) is 17.8 Å². The van der Waals surface area contributed by atoms with Gasteiger partial charge in [0.2, 0.25) is 0 Å². The van der Waals surface area contributed by atoms with E-state index < -0.39 is 0 Å². The Hall–Kier alpha value is -2.16. The predicted octanol–water partition coefficient (Wildman–Crippen LogP) is 4.80. The largest absolute Gasteiger partial charge is 0.331 e. The van der Waals surface area contributed by atoms with E-state index in [9.17, 15) is 9.18 Å². The van der Waals surface area contributed by atoms with Crippen LogP contribution in [0, 0.1) is 5.82 Å². The van der Waals surface area contributed by atoms with E-state index in [2.05, 4.69) is 0 Å². The number of rotatable bonds is 4. The Labute approximate surface area is 136 Å². The Morgan fingerprint density at radius 2 is 1.61 bits per heavy atom. The van der Waals surface area contributed by atoms with Gasteiger partial charge < -0.3 is 4.90 Å². The van der Waals surface area contributed by atoms with Crippen molar-refractivity contribution in [2.75, 3.05) is 0 Å². The second-order valence-corrected chi connectivity index (χ2v) is 6.22. The zero-order valence-corrected chi connectivity index (χ0v) is 13.2. The summed E-state index contributed by atoms with van der Waals surface area (Å²) in [5.74, 6) is -0.311. The molecule has 1 fully saturated rings. The molecule has 1 aliphatic rings. The zero-order valence-electron chi connectivity index (χ0n) is 13.2. The summed E-state index contributed by atoms with van der Waals surface area (Å²) in [6.45, 7) is 0.613. The Balaban J connectivity index is 1.84. The maximum atomic E-state index is 13.1. The van der Waals surface area contributed by atoms with Crippen LogP contribution in [0.3, 0.4) is 0 Å². The maximum absolute atomic E-state index is 13.1. The smallest absolute Gasteiger partial charge is 0.254 e. The molecule has 1 aliphatic carbocycles. The first kappa shape index (κ1) is 15.7. The predicted molar refractivity (Wildman–Crippen MR) is 89.6 cm³/mol. The normalized spacial score (nSPS) is 15.3. The van der Waals surface area contributed by atoms with E-state index in [4.69, 9.17) is 0 Å². The zero-order chi connectivity index (χ0) is 16.1. The Kier molecular flexibility index (Phi) is 5.06. The van der Waals surface area contributed by atoms with Crippen molar-refractivity contribution < 1.29 is 9.18 Å². The van der Waals surface area contributed by atoms with Crippen LogP contribution in [0.15, 0.2) is 54.6 Å². The summed E-state index contributed by atoms with van der Waals surface area (Å²) in [7, 11) is 0. The van der Waals surface area contributed by atoms with Crippen LogP contribution in [-0.4, -0.2) is 16.8 Å². The minimum Gasteiger partial charge on any atom is -0.331 e. The van der Waals surface area contributed by atoms with Gasteiger partial charge in [-0.3, -0.25) is 4.79 Å². The average Bonchev–Trinajstić information content (AvgIpc) is 2.61. The summed E-state index contributed by atoms with van der Waals surface area (Å²) in [6, 6.07) is 16.2. The summed E-state index contributed by atoms with van der Waals surface area (Å²) in [5.41, 5.74) is 1.70. The van der Waals surface area contributed by atoms with Crippen LogP contribution < -0.4 is 0 Å². The summed E-state index contributed by atoms with van der Waals surface area (Å²) in [6.07, 6.45) is 5.71. The van der Waals surface area contributed by atoms with Crippen LogP contribution in [0.1, 0.15) is 48.0 Å². The topological polar surface area (TPSA) is 20.3 Å². The molecule has 2 nitrogen and oxygen atoms in total. The molecule has 0 unspecified atom stereocenters. The number of carbonyl (C=O) groups excluding carboxylic acids is 1. The molecular formula is C20H22FNO. The fourth-order valence-electron chi connectivity index (χ4n) is 3.30. The summed E-state index contributed by atoms with van der Waals surface area (Å²) in [4.78, 5) is 14.9. The van der Waals surface area contributed by atoms with Gasteiger partial charge in [0, 0.05) is 18.2 Å². The number of nitrogens with zero attached hydrogens (tertiary/aromatic N) is 1. The van der Waals surface area contributed by atoms with Crippen molar-refractivity contribution in [3.8, 4) is 0 Å². The molecule has 0 heterocycles. The third-order valence-corrected chi connectivity index (χ3v) is 4.56. The van der Waals surface area contributed by atoms with Crippen molar-refractivity contribution in [2.24, 2.45) is 0 Å². The van der Waals surface area contributed by atoms with Gasteiger partial charge in [-0.25, -0.2) is 4.39 Å². The van der Waals surface area contributed by atoms with Crippen LogP contribution in [0.2, 0.25) is 0 Å². The molecule has 0 N–H and O–H groups in total. The Morgan fingerprint density at radius 1 is 0.957 bits per heavy atom. The first-order valence-electron chi connectivity index (χ1n) is 8.34. The molecule has 2 aromatic carbocycles. The Morgan fingerprint density at radius 3 is 2.26 bits per heavy atom. The molecular weight excluding hydrogens is 288 g/mol. The lowest BCUT2D eigenvalue weighted by Gasteiger charge is -2.34. The van der Waals surface area contributed by atoms with Gasteiger partial charge in [-0.2, -0.15) is 0 Å². The number of carbonyl (C=O) groups is 1. The van der Waals surface area contributed by atoms with E-state index in [0.717, 1.165) is 18.4 Å². The van der Waals surface area contributed by atoms with Crippen molar-refractivity contribution in [3.05, 3.63) is 71.5 Å². The monoisotopic (exact) mass is 310 g/mol. The fraction of sp³-hybridized carbons (Fsp3) is 0.350. The quantitative estimate of drug-likeness (QED) is 0.794. The van der Waals surface area contributed by atoms with Crippen molar-refractivity contribution in [3.63, 3.8) is 0 Å². The van der Waals surface area contributed by atoms with E-state index >= 15 is 0 Å². The van der Waals surface area contributed by atoms with E-state index in [1.165, 1.54) is 31.4 Å². The standard InChI is InChI=1S/C20H22FNO/c21-18-13-11-17(12-14-18)20(23)22(19-9-5-2-6-10-19)15-16-7-3-1-4-8-16/h1,3-4,7-8,11-14,19H,2,5-6,9-10,15H2/i21-1. The van der Waals surface area contributed by atoms with E-state index in [1.807, 2.05) is 35.2 Å². The van der Waals surface area contributed by atoms with Crippen LogP contribution in [-0.2, 0) is 6.54 Å². The average molecular weight is 310 g/mol. The third kappa shape index (κ3) is 3.98. The van der Waals surface area contributed by atoms with E-state index in [1.54, 1.807) is 12.1 Å². The van der Waals surface area contributed by atoms with Gasteiger partial charge in [0.25, 0.3) is 5.91 Å². The third-order valence-electron chi connectivity index (χ3n) is 4.56. The molecule has 2 aromatic rings. The minimum atomic E-state index is -0.311. The molecule has 0 saturated heterocycles. The number of amides is 1. The van der Waals surface area contributed by atoms with Crippen LogP contribution in [0.5, 0.6) is 0 Å². The molecule has 23 heavy (non-hydrogen) atoms. The molecule has 0 aliphatic heterocycles. The minimum absolute atomic E-state index is 0.000697. The maximum Gasteiger partial charge on any atom is 0.254 e. The molecule has 0 spiro atoms. The molecule has 0 bridgehead atoms. The van der Waals surface area contributed by atoms with Crippen molar-refractivity contribution >= 4 is 5.91 Å². The first-order valence-corrected chi connectivity index (χ1v) is 8.34. The second kappa shape index (κ2) is 7.40. The van der Waals surface area contributed by atoms with Crippen molar-refractivity contribution in [1.29, 1.82) is 0 Å². The summed E-state index contributed by atoms with van der Waals surface area (Å²) >= 11 is 0. The van der Waals surface area contributed by atoms with Crippen molar-refractivity contribution in [1.82, 2.24) is 4.90 Å². The van der Waals surface area contributed by atoms with Gasteiger partial charge >= 0.3 is 0 Å². The number of benzene rings is 2. The van der Waals surface area contributed by atoms with Gasteiger partial charge in [-0.05, 0) is 42.7 Å². The highest BCUT2D eigenvalue weighted by molar-refractivity contribution is 5.94. The summed E-state index contributed by atoms with van der Waals surface area (Å²) < 4.78 is 13.1. The van der Waals surface area contributed by atoms with Gasteiger partial charge in [-0.1, -0.05) is 49.6 Å². The van der Waals surface area contributed by atoms with Gasteiger partial charge in [-0.15, -0.1) is 0 Å². The van der Waals surface area contributed by atoms with Crippen LogP contribution >= 0.6 is 0 Å². The van der Waals surface area contributed by atoms with Crippen LogP contribution in [0.4, 0.5) is 4.39 Å². The highest BCUT2D eigenvalue weighted by Crippen LogP contribution is 2.25. The lowest BCUT2D eigenvalue weighted by molar-refractivity contribution is 0.0614. The SMILES string of the molecule is O=C(c1ccc([18F])cc1)N(Cc1ccccc1)C1CCCCC1. The molecule has 0 atom stereocenters. The number of hydrogen-bond donors (Lipinski definition) is 0. The highest BCUT2D eigenvalue weighted by Gasteiger charge is 2.26. The van der Waals surface area contributed by atoms with Gasteiger partial charge in [0.1, 0.15) is 5.82 Å². The van der Waals surface area contributed by atoms with E-state index in [0.29, 0.717) is 12.1 Å². The van der Waals surface area contributed by atoms with Gasteiger partial charge in [0.05, 0.1) is 0 Å². The first-order chi connectivity index (χ1) is 11.2. The highest BCUT2D eigenvalue weighted by atomic mass is 18.2. The fourth-order valence-corrected chi connectivity index (χ4v) is 3.30. The molecule has 0 radical (unpaired) electrons. The van der Waals surface area contributed by atoms with Crippen LogP contribution in [0.25, 0.3) is 0 Å². The van der Waals surface area contributed by atoms with Crippen molar-refractivity contribution in [2.45, 2.75) is 44.7 Å². The van der Waals surface area contributed by atoms with Gasteiger partial charge in [0.15, 0.2) is 0 Å². The Bertz CT molecular complexity index is 632. The molecule has 3 rings (SSSR count).